The smallest absolute Gasteiger partial charge is 0.166 e. The third-order valence-corrected chi connectivity index (χ3v) is 4.63. The van der Waals surface area contributed by atoms with Crippen molar-refractivity contribution in [2.24, 2.45) is 4.99 Å². The molecule has 0 fully saturated rings. The van der Waals surface area contributed by atoms with Gasteiger partial charge in [0.1, 0.15) is 0 Å². The van der Waals surface area contributed by atoms with Crippen LogP contribution >= 0.6 is 0 Å². The first-order valence-electron chi connectivity index (χ1n) is 8.71. The number of benzene rings is 1. The lowest BCUT2D eigenvalue weighted by Crippen LogP contribution is -2.00. The molecule has 0 radical (unpaired) electrons. The van der Waals surface area contributed by atoms with Crippen molar-refractivity contribution in [2.75, 3.05) is 12.8 Å². The Morgan fingerprint density at radius 3 is 2.46 bits per heavy atom. The lowest BCUT2D eigenvalue weighted by atomic mass is 9.97. The quantitative estimate of drug-likeness (QED) is 0.758. The lowest BCUT2D eigenvalue weighted by molar-refractivity contribution is 0.415. The summed E-state index contributed by atoms with van der Waals surface area (Å²) in [7, 11) is 1.57. The van der Waals surface area contributed by atoms with Crippen LogP contribution in [0.3, 0.4) is 0 Å². The maximum atomic E-state index is 9.02. The third-order valence-electron chi connectivity index (χ3n) is 4.63. The van der Waals surface area contributed by atoms with E-state index in [1.807, 2.05) is 30.3 Å². The number of nitrogen functional groups attached to an aromatic ring is 1. The Morgan fingerprint density at radius 2 is 1.79 bits per heavy atom. The zero-order chi connectivity index (χ0) is 19.5. The summed E-state index contributed by atoms with van der Waals surface area (Å²) in [5, 5.41) is 9.02. The summed E-state index contributed by atoms with van der Waals surface area (Å²) in [6.07, 6.45) is 5.87. The number of ether oxygens (including phenoxy) is 1. The van der Waals surface area contributed by atoms with E-state index < -0.39 is 0 Å². The number of hydrogen-bond acceptors (Lipinski definition) is 6. The van der Waals surface area contributed by atoms with Crippen molar-refractivity contribution in [3.63, 3.8) is 0 Å². The van der Waals surface area contributed by atoms with Gasteiger partial charge in [-0.15, -0.1) is 0 Å². The number of methoxy groups -OCH3 is 1. The Kier molecular flexibility index (Phi) is 4.56. The molecule has 0 aliphatic carbocycles. The van der Waals surface area contributed by atoms with Crippen LogP contribution < -0.4 is 10.5 Å². The predicted octanol–water partition coefficient (Wildman–Crippen LogP) is 3.70. The molecule has 1 aliphatic rings. The van der Waals surface area contributed by atoms with Crippen LogP contribution in [0.5, 0.6) is 5.75 Å². The Labute approximate surface area is 162 Å². The molecule has 0 atom stereocenters. The molecule has 1 aliphatic heterocycles. The molecule has 136 valence electrons. The van der Waals surface area contributed by atoms with Gasteiger partial charge in [0.15, 0.2) is 11.6 Å². The second-order valence-electron chi connectivity index (χ2n) is 6.30. The largest absolute Gasteiger partial charge is 0.493 e. The van der Waals surface area contributed by atoms with Crippen LogP contribution in [0.4, 0.5) is 5.82 Å². The van der Waals surface area contributed by atoms with Crippen molar-refractivity contribution < 1.29 is 4.74 Å². The van der Waals surface area contributed by atoms with E-state index in [1.54, 1.807) is 37.8 Å². The normalized spacial score (nSPS) is 13.2. The van der Waals surface area contributed by atoms with Crippen molar-refractivity contribution >= 4 is 22.8 Å². The first-order valence-corrected chi connectivity index (χ1v) is 8.71. The maximum Gasteiger partial charge on any atom is 0.166 e. The monoisotopic (exact) mass is 367 g/mol. The first-order chi connectivity index (χ1) is 13.7. The standard InChI is InChI=1S/C22H17N5O/c1-28-20-10-17(13-26-22(20)24)18-11-19(15-4-2-14(12-23)3-5-15)27-21(18)16-6-8-25-9-7-16/h2-10,13H,11H2,1H3,(H2,24,26). The molecule has 6 heteroatoms. The number of aromatic nitrogens is 2. The van der Waals surface area contributed by atoms with Gasteiger partial charge in [-0.3, -0.25) is 9.98 Å². The molecule has 0 spiro atoms. The number of allylic oxidation sites excluding steroid dienone is 1. The maximum absolute atomic E-state index is 9.02. The molecule has 3 aromatic rings. The molecule has 0 amide bonds. The second-order valence-corrected chi connectivity index (χ2v) is 6.30. The molecule has 0 unspecified atom stereocenters. The molecule has 3 heterocycles. The van der Waals surface area contributed by atoms with Gasteiger partial charge in [-0.05, 0) is 41.5 Å². The number of pyridine rings is 2. The van der Waals surface area contributed by atoms with Gasteiger partial charge in [0.05, 0.1) is 30.2 Å². The summed E-state index contributed by atoms with van der Waals surface area (Å²) in [5.41, 5.74) is 12.2. The van der Waals surface area contributed by atoms with E-state index in [4.69, 9.17) is 20.7 Å². The molecule has 2 aromatic heterocycles. The highest BCUT2D eigenvalue weighted by Gasteiger charge is 2.23. The number of hydrogen-bond donors (Lipinski definition) is 1. The molecule has 0 saturated carbocycles. The average molecular weight is 367 g/mol. The number of nitriles is 1. The molecule has 0 bridgehead atoms. The highest BCUT2D eigenvalue weighted by Crippen LogP contribution is 2.38. The van der Waals surface area contributed by atoms with Crippen molar-refractivity contribution in [1.29, 1.82) is 5.26 Å². The minimum Gasteiger partial charge on any atom is -0.493 e. The second kappa shape index (κ2) is 7.33. The summed E-state index contributed by atoms with van der Waals surface area (Å²) in [5.74, 6) is 0.884. The summed E-state index contributed by atoms with van der Waals surface area (Å²) in [6.45, 7) is 0. The highest BCUT2D eigenvalue weighted by molar-refractivity contribution is 6.16. The molecule has 1 aromatic carbocycles. The van der Waals surface area contributed by atoms with Crippen LogP contribution in [0.2, 0.25) is 0 Å². The van der Waals surface area contributed by atoms with Crippen molar-refractivity contribution in [3.05, 3.63) is 83.3 Å². The van der Waals surface area contributed by atoms with E-state index >= 15 is 0 Å². The molecule has 6 nitrogen and oxygen atoms in total. The fraction of sp³-hybridized carbons (Fsp3) is 0.0909. The van der Waals surface area contributed by atoms with Crippen LogP contribution in [-0.2, 0) is 0 Å². The third kappa shape index (κ3) is 3.21. The lowest BCUT2D eigenvalue weighted by Gasteiger charge is -2.10. The molecule has 4 rings (SSSR count). The van der Waals surface area contributed by atoms with Gasteiger partial charge < -0.3 is 10.5 Å². The van der Waals surface area contributed by atoms with Crippen LogP contribution in [0.15, 0.2) is 66.0 Å². The van der Waals surface area contributed by atoms with Gasteiger partial charge in [0.2, 0.25) is 0 Å². The van der Waals surface area contributed by atoms with E-state index in [-0.39, 0.29) is 0 Å². The van der Waals surface area contributed by atoms with E-state index in [0.29, 0.717) is 23.6 Å². The highest BCUT2D eigenvalue weighted by atomic mass is 16.5. The Hall–Kier alpha value is -3.98. The van der Waals surface area contributed by atoms with Gasteiger partial charge in [-0.25, -0.2) is 4.98 Å². The van der Waals surface area contributed by atoms with Gasteiger partial charge in [-0.2, -0.15) is 5.26 Å². The fourth-order valence-corrected chi connectivity index (χ4v) is 3.17. The molecular weight excluding hydrogens is 350 g/mol. The summed E-state index contributed by atoms with van der Waals surface area (Å²) >= 11 is 0. The number of anilines is 1. The number of nitrogens with two attached hydrogens (primary N) is 1. The zero-order valence-corrected chi connectivity index (χ0v) is 15.3. The zero-order valence-electron chi connectivity index (χ0n) is 15.3. The SMILES string of the molecule is COc1cc(C2=C(c3ccncc3)N=C(c3ccc(C#N)cc3)C2)cnc1N. The minimum atomic E-state index is 0.351. The van der Waals surface area contributed by atoms with E-state index in [2.05, 4.69) is 16.0 Å². The Morgan fingerprint density at radius 1 is 1.04 bits per heavy atom. The van der Waals surface area contributed by atoms with Gasteiger partial charge in [0, 0.05) is 36.1 Å². The molecular formula is C22H17N5O. The number of rotatable bonds is 4. The van der Waals surface area contributed by atoms with Crippen molar-refractivity contribution in [1.82, 2.24) is 9.97 Å². The summed E-state index contributed by atoms with van der Waals surface area (Å²) in [4.78, 5) is 13.3. The minimum absolute atomic E-state index is 0.351. The average Bonchev–Trinajstić information content (AvgIpc) is 3.20. The summed E-state index contributed by atoms with van der Waals surface area (Å²) in [6, 6.07) is 15.3. The van der Waals surface area contributed by atoms with Crippen molar-refractivity contribution in [2.45, 2.75) is 6.42 Å². The van der Waals surface area contributed by atoms with Crippen LogP contribution in [0, 0.1) is 11.3 Å². The van der Waals surface area contributed by atoms with E-state index in [9.17, 15) is 0 Å². The van der Waals surface area contributed by atoms with Gasteiger partial charge in [0.25, 0.3) is 0 Å². The van der Waals surface area contributed by atoms with Crippen LogP contribution in [-0.4, -0.2) is 22.8 Å². The van der Waals surface area contributed by atoms with Crippen LogP contribution in [0.1, 0.15) is 28.7 Å². The number of aliphatic imine (C=N–C) groups is 1. The van der Waals surface area contributed by atoms with Gasteiger partial charge in [-0.1, -0.05) is 12.1 Å². The predicted molar refractivity (Wildman–Crippen MR) is 109 cm³/mol. The Balaban J connectivity index is 1.80. The Bertz CT molecular complexity index is 1130. The van der Waals surface area contributed by atoms with E-state index in [1.165, 1.54) is 0 Å². The molecule has 0 saturated heterocycles. The number of nitrogens with zero attached hydrogens (tertiary/aromatic N) is 4. The fourth-order valence-electron chi connectivity index (χ4n) is 3.17. The topological polar surface area (TPSA) is 97.2 Å². The van der Waals surface area contributed by atoms with Crippen molar-refractivity contribution in [3.8, 4) is 11.8 Å². The molecule has 2 N–H and O–H groups in total. The van der Waals surface area contributed by atoms with Gasteiger partial charge >= 0.3 is 0 Å². The summed E-state index contributed by atoms with van der Waals surface area (Å²) < 4.78 is 5.34. The van der Waals surface area contributed by atoms with Crippen LogP contribution in [0.25, 0.3) is 11.3 Å². The van der Waals surface area contributed by atoms with E-state index in [0.717, 1.165) is 33.7 Å². The molecule has 28 heavy (non-hydrogen) atoms. The first kappa shape index (κ1) is 17.4.